The van der Waals surface area contributed by atoms with Crippen LogP contribution < -0.4 is 4.74 Å². The second kappa shape index (κ2) is 4.99. The summed E-state index contributed by atoms with van der Waals surface area (Å²) in [5, 5.41) is 10.9. The second-order valence-corrected chi connectivity index (χ2v) is 6.36. The molecule has 3 heteroatoms. The largest absolute Gasteiger partial charge is 0.496 e. The second-order valence-electron chi connectivity index (χ2n) is 5.07. The van der Waals surface area contributed by atoms with Crippen molar-refractivity contribution in [2.75, 3.05) is 7.11 Å². The predicted octanol–water partition coefficient (Wildman–Crippen LogP) is 3.94. The highest BCUT2D eigenvalue weighted by Gasteiger charge is 2.31. The summed E-state index contributed by atoms with van der Waals surface area (Å²) in [7, 11) is 1.65. The lowest BCUT2D eigenvalue weighted by molar-refractivity contribution is 0.103. The number of hydrogen-bond donors (Lipinski definition) is 1. The molecule has 0 saturated carbocycles. The van der Waals surface area contributed by atoms with Gasteiger partial charge >= 0.3 is 0 Å². The number of rotatable bonds is 3. The van der Waals surface area contributed by atoms with E-state index in [1.54, 1.807) is 18.4 Å². The maximum absolute atomic E-state index is 10.9. The van der Waals surface area contributed by atoms with E-state index in [2.05, 4.69) is 0 Å². The average Bonchev–Trinajstić information content (AvgIpc) is 2.79. The van der Waals surface area contributed by atoms with E-state index in [9.17, 15) is 5.11 Å². The van der Waals surface area contributed by atoms with Crippen molar-refractivity contribution in [2.24, 2.45) is 0 Å². The standard InChI is InChI=1S/C16H20O2S/c1-10-6-8-13(15(18-5)12(10)3)16(4,17)14-9-7-11(2)19-14/h6-9,17H,1-5H3. The van der Waals surface area contributed by atoms with Gasteiger partial charge in [0.15, 0.2) is 0 Å². The van der Waals surface area contributed by atoms with Gasteiger partial charge in [-0.3, -0.25) is 0 Å². The summed E-state index contributed by atoms with van der Waals surface area (Å²) in [5.41, 5.74) is 2.04. The zero-order valence-corrected chi connectivity index (χ0v) is 12.9. The molecule has 0 aliphatic carbocycles. The highest BCUT2D eigenvalue weighted by molar-refractivity contribution is 7.12. The van der Waals surface area contributed by atoms with Gasteiger partial charge in [-0.2, -0.15) is 0 Å². The monoisotopic (exact) mass is 276 g/mol. The Kier molecular flexibility index (Phi) is 3.70. The summed E-state index contributed by atoms with van der Waals surface area (Å²) in [6.07, 6.45) is 0. The van der Waals surface area contributed by atoms with Gasteiger partial charge in [0.05, 0.1) is 7.11 Å². The molecule has 0 aliphatic rings. The summed E-state index contributed by atoms with van der Waals surface area (Å²) in [4.78, 5) is 2.13. The Labute approximate surface area is 118 Å². The van der Waals surface area contributed by atoms with Crippen LogP contribution in [0.15, 0.2) is 24.3 Å². The molecule has 0 saturated heterocycles. The predicted molar refractivity (Wildman–Crippen MR) is 80.2 cm³/mol. The van der Waals surface area contributed by atoms with Crippen molar-refractivity contribution in [1.82, 2.24) is 0 Å². The van der Waals surface area contributed by atoms with Crippen LogP contribution in [0.3, 0.4) is 0 Å². The van der Waals surface area contributed by atoms with Crippen LogP contribution in [0.4, 0.5) is 0 Å². The molecule has 0 radical (unpaired) electrons. The van der Waals surface area contributed by atoms with Crippen LogP contribution in [0.25, 0.3) is 0 Å². The minimum absolute atomic E-state index is 0.774. The van der Waals surface area contributed by atoms with Crippen LogP contribution in [0.1, 0.15) is 33.4 Å². The molecule has 1 aromatic carbocycles. The molecule has 0 fully saturated rings. The molecule has 1 atom stereocenters. The number of hydrogen-bond acceptors (Lipinski definition) is 3. The van der Waals surface area contributed by atoms with Crippen LogP contribution in [0.5, 0.6) is 5.75 Å². The van der Waals surface area contributed by atoms with Gasteiger partial charge in [0.1, 0.15) is 11.4 Å². The third-order valence-electron chi connectivity index (χ3n) is 3.63. The van der Waals surface area contributed by atoms with Gasteiger partial charge < -0.3 is 9.84 Å². The van der Waals surface area contributed by atoms with Crippen LogP contribution in [0.2, 0.25) is 0 Å². The van der Waals surface area contributed by atoms with Crippen molar-refractivity contribution in [3.63, 3.8) is 0 Å². The molecule has 19 heavy (non-hydrogen) atoms. The molecular weight excluding hydrogens is 256 g/mol. The fourth-order valence-corrected chi connectivity index (χ4v) is 3.19. The third kappa shape index (κ3) is 2.40. The van der Waals surface area contributed by atoms with E-state index in [1.165, 1.54) is 10.4 Å². The Morgan fingerprint density at radius 2 is 1.79 bits per heavy atom. The van der Waals surface area contributed by atoms with Crippen molar-refractivity contribution in [2.45, 2.75) is 33.3 Å². The summed E-state index contributed by atoms with van der Waals surface area (Å²) < 4.78 is 5.52. The molecule has 0 bridgehead atoms. The molecule has 0 spiro atoms. The smallest absolute Gasteiger partial charge is 0.128 e. The van der Waals surface area contributed by atoms with Gasteiger partial charge in [-0.15, -0.1) is 11.3 Å². The Morgan fingerprint density at radius 3 is 2.32 bits per heavy atom. The van der Waals surface area contributed by atoms with E-state index >= 15 is 0 Å². The summed E-state index contributed by atoms with van der Waals surface area (Å²) in [6, 6.07) is 8.00. The maximum atomic E-state index is 10.9. The Balaban J connectivity index is 2.60. The van der Waals surface area contributed by atoms with Crippen LogP contribution in [-0.2, 0) is 5.60 Å². The van der Waals surface area contributed by atoms with E-state index in [0.717, 1.165) is 21.8 Å². The van der Waals surface area contributed by atoms with Gasteiger partial charge in [-0.25, -0.2) is 0 Å². The maximum Gasteiger partial charge on any atom is 0.128 e. The number of aliphatic hydroxyl groups is 1. The van der Waals surface area contributed by atoms with Gasteiger partial charge in [0.2, 0.25) is 0 Å². The summed E-state index contributed by atoms with van der Waals surface area (Å²) >= 11 is 1.61. The lowest BCUT2D eigenvalue weighted by Gasteiger charge is -2.26. The van der Waals surface area contributed by atoms with Crippen molar-refractivity contribution in [3.8, 4) is 5.75 Å². The molecular formula is C16H20O2S. The topological polar surface area (TPSA) is 29.5 Å². The van der Waals surface area contributed by atoms with E-state index in [0.29, 0.717) is 0 Å². The van der Waals surface area contributed by atoms with Crippen molar-refractivity contribution < 1.29 is 9.84 Å². The van der Waals surface area contributed by atoms with Gasteiger partial charge in [-0.1, -0.05) is 12.1 Å². The number of thiophene rings is 1. The van der Waals surface area contributed by atoms with E-state index in [-0.39, 0.29) is 0 Å². The zero-order valence-electron chi connectivity index (χ0n) is 12.1. The first kappa shape index (κ1) is 14.1. The summed E-state index contributed by atoms with van der Waals surface area (Å²) in [6.45, 7) is 7.94. The number of benzene rings is 1. The third-order valence-corrected chi connectivity index (χ3v) is 4.84. The molecule has 1 unspecified atom stereocenters. The van der Waals surface area contributed by atoms with Crippen LogP contribution in [0, 0.1) is 20.8 Å². The van der Waals surface area contributed by atoms with Crippen molar-refractivity contribution in [1.29, 1.82) is 0 Å². The van der Waals surface area contributed by atoms with Crippen molar-refractivity contribution in [3.05, 3.63) is 50.7 Å². The molecule has 102 valence electrons. The minimum Gasteiger partial charge on any atom is -0.496 e. The van der Waals surface area contributed by atoms with E-state index in [4.69, 9.17) is 4.74 Å². The molecule has 0 aliphatic heterocycles. The lowest BCUT2D eigenvalue weighted by Crippen LogP contribution is -2.22. The highest BCUT2D eigenvalue weighted by Crippen LogP contribution is 2.40. The average molecular weight is 276 g/mol. The quantitative estimate of drug-likeness (QED) is 0.920. The summed E-state index contributed by atoms with van der Waals surface area (Å²) in [5.74, 6) is 0.774. The molecule has 1 N–H and O–H groups in total. The SMILES string of the molecule is COc1c(C(C)(O)c2ccc(C)s2)ccc(C)c1C. The molecule has 2 aromatic rings. The molecule has 1 aromatic heterocycles. The highest BCUT2D eigenvalue weighted by atomic mass is 32.1. The zero-order chi connectivity index (χ0) is 14.2. The first-order valence-corrected chi connectivity index (χ1v) is 7.13. The van der Waals surface area contributed by atoms with Crippen molar-refractivity contribution >= 4 is 11.3 Å². The first-order valence-electron chi connectivity index (χ1n) is 6.32. The van der Waals surface area contributed by atoms with Gasteiger partial charge in [0.25, 0.3) is 0 Å². The Bertz CT molecular complexity index is 597. The number of aryl methyl sites for hydroxylation is 2. The molecule has 0 amide bonds. The molecule has 2 rings (SSSR count). The van der Waals surface area contributed by atoms with E-state index < -0.39 is 5.60 Å². The van der Waals surface area contributed by atoms with Gasteiger partial charge in [-0.05, 0) is 51.0 Å². The van der Waals surface area contributed by atoms with E-state index in [1.807, 2.05) is 52.0 Å². The molecule has 1 heterocycles. The van der Waals surface area contributed by atoms with Crippen LogP contribution >= 0.6 is 11.3 Å². The Hall–Kier alpha value is -1.32. The molecule has 2 nitrogen and oxygen atoms in total. The fourth-order valence-electron chi connectivity index (χ4n) is 2.27. The minimum atomic E-state index is -1.03. The van der Waals surface area contributed by atoms with Crippen LogP contribution in [-0.4, -0.2) is 12.2 Å². The first-order chi connectivity index (χ1) is 8.87. The van der Waals surface area contributed by atoms with Gasteiger partial charge in [0, 0.05) is 15.3 Å². The lowest BCUT2D eigenvalue weighted by atomic mass is 9.90. The fraction of sp³-hybridized carbons (Fsp3) is 0.375. The number of methoxy groups -OCH3 is 1. The number of ether oxygens (including phenoxy) is 1. The Morgan fingerprint density at radius 1 is 1.11 bits per heavy atom. The normalized spacial score (nSPS) is 14.2.